The molecular weight excluding hydrogens is 254 g/mol. The van der Waals surface area contributed by atoms with Gasteiger partial charge in [0.1, 0.15) is 5.92 Å². The zero-order chi connectivity index (χ0) is 14.2. The summed E-state index contributed by atoms with van der Waals surface area (Å²) in [5.74, 6) is -2.20. The lowest BCUT2D eigenvalue weighted by Crippen LogP contribution is -2.27. The summed E-state index contributed by atoms with van der Waals surface area (Å²) in [6.07, 6.45) is 1.43. The van der Waals surface area contributed by atoms with Crippen LogP contribution in [0.15, 0.2) is 23.0 Å². The molecule has 2 rings (SSSR count). The van der Waals surface area contributed by atoms with Crippen LogP contribution < -0.4 is 0 Å². The van der Waals surface area contributed by atoms with E-state index in [1.807, 2.05) is 0 Å². The Morgan fingerprint density at radius 1 is 1.16 bits per heavy atom. The van der Waals surface area contributed by atoms with Gasteiger partial charge in [0.25, 0.3) is 0 Å². The second-order valence-corrected chi connectivity index (χ2v) is 3.95. The second kappa shape index (κ2) is 4.75. The van der Waals surface area contributed by atoms with Crippen molar-refractivity contribution >= 4 is 18.0 Å². The van der Waals surface area contributed by atoms with Gasteiger partial charge in [-0.15, -0.1) is 0 Å². The van der Waals surface area contributed by atoms with Crippen molar-refractivity contribution < 1.29 is 28.6 Å². The molecule has 1 atom stereocenters. The van der Waals surface area contributed by atoms with Crippen LogP contribution in [0, 0.1) is 5.92 Å². The first-order valence-corrected chi connectivity index (χ1v) is 5.54. The molecule has 0 aromatic rings. The SMILES string of the molecule is COC(=O)C1=C2CC=C(C1C(=O)OC)N2C(=O)OC. The molecule has 7 nitrogen and oxygen atoms in total. The summed E-state index contributed by atoms with van der Waals surface area (Å²) in [7, 11) is 3.66. The fraction of sp³-hybridized carbons (Fsp3) is 0.417. The van der Waals surface area contributed by atoms with Crippen LogP contribution in [0.2, 0.25) is 0 Å². The average Bonchev–Trinajstić information content (AvgIpc) is 3.00. The van der Waals surface area contributed by atoms with E-state index in [1.54, 1.807) is 6.08 Å². The second-order valence-electron chi connectivity index (χ2n) is 3.95. The smallest absolute Gasteiger partial charge is 0.418 e. The molecule has 2 aliphatic rings. The van der Waals surface area contributed by atoms with Crippen molar-refractivity contribution in [3.63, 3.8) is 0 Å². The first-order chi connectivity index (χ1) is 9.06. The van der Waals surface area contributed by atoms with Crippen molar-refractivity contribution in [3.05, 3.63) is 23.0 Å². The highest BCUT2D eigenvalue weighted by Crippen LogP contribution is 2.45. The molecule has 0 spiro atoms. The normalized spacial score (nSPS) is 20.3. The fourth-order valence-corrected chi connectivity index (χ4v) is 2.34. The van der Waals surface area contributed by atoms with Gasteiger partial charge >= 0.3 is 18.0 Å². The molecular formula is C12H13NO6. The van der Waals surface area contributed by atoms with Crippen LogP contribution in [0.25, 0.3) is 0 Å². The molecule has 0 aromatic heterocycles. The number of carbonyl (C=O) groups excluding carboxylic acids is 3. The van der Waals surface area contributed by atoms with Gasteiger partial charge in [-0.25, -0.2) is 9.59 Å². The van der Waals surface area contributed by atoms with Crippen molar-refractivity contribution in [2.75, 3.05) is 21.3 Å². The van der Waals surface area contributed by atoms with Crippen molar-refractivity contribution in [1.29, 1.82) is 0 Å². The first kappa shape index (κ1) is 13.1. The average molecular weight is 267 g/mol. The number of hydrogen-bond acceptors (Lipinski definition) is 6. The van der Waals surface area contributed by atoms with Crippen LogP contribution in [0.1, 0.15) is 6.42 Å². The number of methoxy groups -OCH3 is 3. The highest BCUT2D eigenvalue weighted by molar-refractivity contribution is 6.01. The highest BCUT2D eigenvalue weighted by atomic mass is 16.5. The maximum atomic E-state index is 11.8. The van der Waals surface area contributed by atoms with Gasteiger partial charge in [-0.2, -0.15) is 0 Å². The summed E-state index contributed by atoms with van der Waals surface area (Å²) in [6.45, 7) is 0. The van der Waals surface area contributed by atoms with Gasteiger partial charge in [0.15, 0.2) is 0 Å². The summed E-state index contributed by atoms with van der Waals surface area (Å²) in [4.78, 5) is 36.5. The predicted molar refractivity (Wildman–Crippen MR) is 61.5 cm³/mol. The van der Waals surface area contributed by atoms with E-state index in [-0.39, 0.29) is 5.57 Å². The maximum Gasteiger partial charge on any atom is 0.418 e. The maximum absolute atomic E-state index is 11.8. The zero-order valence-electron chi connectivity index (χ0n) is 10.8. The lowest BCUT2D eigenvalue weighted by atomic mass is 9.93. The lowest BCUT2D eigenvalue weighted by Gasteiger charge is -2.16. The molecule has 2 aliphatic heterocycles. The van der Waals surface area contributed by atoms with Crippen molar-refractivity contribution in [3.8, 4) is 0 Å². The number of carbonyl (C=O) groups is 3. The third-order valence-corrected chi connectivity index (χ3v) is 3.13. The molecule has 2 heterocycles. The first-order valence-electron chi connectivity index (χ1n) is 5.54. The standard InChI is InChI=1S/C12H13NO6/c1-17-10(14)8-6-4-5-7(9(8)11(15)18-2)13(6)12(16)19-3/h4,8H,5H2,1-3H3. The van der Waals surface area contributed by atoms with Gasteiger partial charge in [0, 0.05) is 17.8 Å². The molecule has 0 aromatic carbocycles. The number of amides is 1. The van der Waals surface area contributed by atoms with E-state index in [1.165, 1.54) is 26.2 Å². The third kappa shape index (κ3) is 1.78. The predicted octanol–water partition coefficient (Wildman–Crippen LogP) is 0.572. The Morgan fingerprint density at radius 2 is 1.84 bits per heavy atom. The molecule has 0 saturated heterocycles. The summed E-state index contributed by atoms with van der Waals surface area (Å²) >= 11 is 0. The summed E-state index contributed by atoms with van der Waals surface area (Å²) < 4.78 is 14.0. The Bertz CT molecular complexity index is 518. The number of allylic oxidation sites excluding steroid dienone is 1. The topological polar surface area (TPSA) is 82.1 Å². The van der Waals surface area contributed by atoms with Gasteiger partial charge in [-0.05, 0) is 0 Å². The third-order valence-electron chi connectivity index (χ3n) is 3.13. The van der Waals surface area contributed by atoms with Crippen LogP contribution in [-0.2, 0) is 23.8 Å². The van der Waals surface area contributed by atoms with Crippen LogP contribution in [-0.4, -0.2) is 44.3 Å². The summed E-state index contributed by atoms with van der Waals surface area (Å²) in [5.41, 5.74) is 0.926. The molecule has 0 fully saturated rings. The van der Waals surface area contributed by atoms with Gasteiger partial charge in [0.2, 0.25) is 0 Å². The fourth-order valence-electron chi connectivity index (χ4n) is 2.34. The van der Waals surface area contributed by atoms with Gasteiger partial charge in [0.05, 0.1) is 26.9 Å². The number of hydrogen-bond donors (Lipinski definition) is 0. The van der Waals surface area contributed by atoms with Crippen LogP contribution in [0.3, 0.4) is 0 Å². The number of nitrogens with zero attached hydrogens (tertiary/aromatic N) is 1. The Balaban J connectivity index is 2.48. The Hall–Kier alpha value is -2.31. The van der Waals surface area contributed by atoms with E-state index < -0.39 is 23.9 Å². The molecule has 0 N–H and O–H groups in total. The molecule has 19 heavy (non-hydrogen) atoms. The number of ether oxygens (including phenoxy) is 3. The lowest BCUT2D eigenvalue weighted by molar-refractivity contribution is -0.146. The molecule has 0 radical (unpaired) electrons. The molecule has 0 aliphatic carbocycles. The van der Waals surface area contributed by atoms with Gasteiger partial charge < -0.3 is 14.2 Å². The quantitative estimate of drug-likeness (QED) is 0.537. The molecule has 0 saturated carbocycles. The van der Waals surface area contributed by atoms with E-state index in [9.17, 15) is 14.4 Å². The molecule has 2 bridgehead atoms. The number of esters is 2. The summed E-state index contributed by atoms with van der Waals surface area (Å²) in [6, 6.07) is 0. The van der Waals surface area contributed by atoms with E-state index in [2.05, 4.69) is 14.2 Å². The summed E-state index contributed by atoms with van der Waals surface area (Å²) in [5, 5.41) is 0. The Labute approximate surface area is 109 Å². The number of rotatable bonds is 2. The zero-order valence-corrected chi connectivity index (χ0v) is 10.8. The molecule has 1 amide bonds. The largest absolute Gasteiger partial charge is 0.468 e. The minimum absolute atomic E-state index is 0.136. The van der Waals surface area contributed by atoms with Crippen LogP contribution in [0.5, 0.6) is 0 Å². The minimum atomic E-state index is -0.930. The minimum Gasteiger partial charge on any atom is -0.468 e. The monoisotopic (exact) mass is 267 g/mol. The Kier molecular flexibility index (Phi) is 3.28. The van der Waals surface area contributed by atoms with Crippen molar-refractivity contribution in [2.24, 2.45) is 5.92 Å². The molecule has 7 heteroatoms. The van der Waals surface area contributed by atoms with E-state index in [0.29, 0.717) is 17.8 Å². The van der Waals surface area contributed by atoms with Crippen molar-refractivity contribution in [1.82, 2.24) is 4.90 Å². The van der Waals surface area contributed by atoms with E-state index in [4.69, 9.17) is 0 Å². The van der Waals surface area contributed by atoms with Gasteiger partial charge in [-0.1, -0.05) is 6.08 Å². The van der Waals surface area contributed by atoms with E-state index in [0.717, 1.165) is 0 Å². The van der Waals surface area contributed by atoms with Crippen LogP contribution >= 0.6 is 0 Å². The molecule has 1 unspecified atom stereocenters. The highest BCUT2D eigenvalue weighted by Gasteiger charge is 2.50. The number of fused-ring (bicyclic) bond motifs is 2. The molecule has 102 valence electrons. The van der Waals surface area contributed by atoms with Gasteiger partial charge in [-0.3, -0.25) is 9.69 Å². The van der Waals surface area contributed by atoms with E-state index >= 15 is 0 Å². The Morgan fingerprint density at radius 3 is 2.37 bits per heavy atom. The van der Waals surface area contributed by atoms with Crippen LogP contribution in [0.4, 0.5) is 4.79 Å². The van der Waals surface area contributed by atoms with Crippen molar-refractivity contribution in [2.45, 2.75) is 6.42 Å².